The number of pyridine rings is 1. The molecule has 0 unspecified atom stereocenters. The molecule has 1 amide bonds. The molecule has 1 rings (SSSR count). The van der Waals surface area contributed by atoms with Gasteiger partial charge >= 0.3 is 0 Å². The molecule has 0 atom stereocenters. The molecule has 0 bridgehead atoms. The van der Waals surface area contributed by atoms with Crippen LogP contribution in [0.5, 0.6) is 0 Å². The molecule has 1 heterocycles. The molecule has 0 aliphatic heterocycles. The van der Waals surface area contributed by atoms with Gasteiger partial charge in [0.1, 0.15) is 5.82 Å². The first-order valence-electron chi connectivity index (χ1n) is 3.37. The zero-order valence-electron chi connectivity index (χ0n) is 6.59. The van der Waals surface area contributed by atoms with Crippen LogP contribution in [0.1, 0.15) is 11.1 Å². The molecule has 0 saturated carbocycles. The molecular weight excluding hydrogens is 140 g/mol. The highest BCUT2D eigenvalue weighted by molar-refractivity contribution is 5.68. The fourth-order valence-corrected chi connectivity index (χ4v) is 0.764. The van der Waals surface area contributed by atoms with Crippen LogP contribution in [0.25, 0.3) is 0 Å². The van der Waals surface area contributed by atoms with E-state index in [0.717, 1.165) is 11.1 Å². The second-order valence-corrected chi connectivity index (χ2v) is 2.42. The van der Waals surface area contributed by atoms with Crippen molar-refractivity contribution in [2.24, 2.45) is 0 Å². The molecule has 11 heavy (non-hydrogen) atoms. The van der Waals surface area contributed by atoms with E-state index in [1.165, 1.54) is 0 Å². The fraction of sp³-hybridized carbons (Fsp3) is 0.250. The monoisotopic (exact) mass is 150 g/mol. The van der Waals surface area contributed by atoms with Crippen molar-refractivity contribution in [3.63, 3.8) is 0 Å². The SMILES string of the molecule is Cc1cnc(NC=O)cc1C. The lowest BCUT2D eigenvalue weighted by molar-refractivity contribution is -0.105. The van der Waals surface area contributed by atoms with Crippen molar-refractivity contribution >= 4 is 12.2 Å². The van der Waals surface area contributed by atoms with Crippen LogP contribution in [0.3, 0.4) is 0 Å². The number of carbonyl (C=O) groups excluding carboxylic acids is 1. The number of rotatable bonds is 2. The van der Waals surface area contributed by atoms with E-state index in [4.69, 9.17) is 0 Å². The first kappa shape index (κ1) is 7.72. The first-order chi connectivity index (χ1) is 5.24. The van der Waals surface area contributed by atoms with Crippen LogP contribution < -0.4 is 5.32 Å². The number of hydrogen-bond acceptors (Lipinski definition) is 2. The van der Waals surface area contributed by atoms with Crippen LogP contribution in [0.2, 0.25) is 0 Å². The topological polar surface area (TPSA) is 42.0 Å². The third-order valence-corrected chi connectivity index (χ3v) is 1.58. The Morgan fingerprint density at radius 1 is 1.45 bits per heavy atom. The summed E-state index contributed by atoms with van der Waals surface area (Å²) >= 11 is 0. The largest absolute Gasteiger partial charge is 0.313 e. The van der Waals surface area contributed by atoms with E-state index in [0.29, 0.717) is 12.2 Å². The van der Waals surface area contributed by atoms with Gasteiger partial charge < -0.3 is 5.32 Å². The second-order valence-electron chi connectivity index (χ2n) is 2.42. The Morgan fingerprint density at radius 3 is 2.73 bits per heavy atom. The van der Waals surface area contributed by atoms with E-state index in [1.54, 1.807) is 6.20 Å². The zero-order chi connectivity index (χ0) is 8.27. The van der Waals surface area contributed by atoms with E-state index < -0.39 is 0 Å². The Hall–Kier alpha value is -1.38. The van der Waals surface area contributed by atoms with Crippen molar-refractivity contribution < 1.29 is 4.79 Å². The van der Waals surface area contributed by atoms with Gasteiger partial charge in [0, 0.05) is 6.20 Å². The minimum absolute atomic E-state index is 0.600. The predicted molar refractivity (Wildman–Crippen MR) is 43.4 cm³/mol. The maximum Gasteiger partial charge on any atom is 0.212 e. The average molecular weight is 150 g/mol. The number of aryl methyl sites for hydroxylation is 2. The summed E-state index contributed by atoms with van der Waals surface area (Å²) in [6, 6.07) is 1.84. The van der Waals surface area contributed by atoms with Crippen molar-refractivity contribution in [3.8, 4) is 0 Å². The minimum Gasteiger partial charge on any atom is -0.313 e. The van der Waals surface area contributed by atoms with Gasteiger partial charge in [-0.05, 0) is 31.0 Å². The number of carbonyl (C=O) groups is 1. The van der Waals surface area contributed by atoms with E-state index in [1.807, 2.05) is 19.9 Å². The Labute approximate surface area is 65.5 Å². The van der Waals surface area contributed by atoms with Crippen LogP contribution in [0.4, 0.5) is 5.82 Å². The predicted octanol–water partition coefficient (Wildman–Crippen LogP) is 1.27. The van der Waals surface area contributed by atoms with Gasteiger partial charge in [0.2, 0.25) is 6.41 Å². The maximum absolute atomic E-state index is 10.0. The van der Waals surface area contributed by atoms with Crippen molar-refractivity contribution in [1.29, 1.82) is 0 Å². The molecule has 1 aromatic rings. The lowest BCUT2D eigenvalue weighted by atomic mass is 10.2. The molecule has 0 aliphatic carbocycles. The summed E-state index contributed by atoms with van der Waals surface area (Å²) in [5, 5.41) is 2.48. The van der Waals surface area contributed by atoms with Crippen LogP contribution in [0.15, 0.2) is 12.3 Å². The minimum atomic E-state index is 0.600. The van der Waals surface area contributed by atoms with Gasteiger partial charge in [-0.3, -0.25) is 4.79 Å². The van der Waals surface area contributed by atoms with Crippen molar-refractivity contribution in [1.82, 2.24) is 4.98 Å². The molecule has 1 N–H and O–H groups in total. The molecule has 0 saturated heterocycles. The highest BCUT2D eigenvalue weighted by Gasteiger charge is 1.94. The standard InChI is InChI=1S/C8H10N2O/c1-6-3-8(10-5-11)9-4-7(6)2/h3-5H,1-2H3,(H,9,10,11). The van der Waals surface area contributed by atoms with Crippen LogP contribution >= 0.6 is 0 Å². The van der Waals surface area contributed by atoms with Gasteiger partial charge in [0.05, 0.1) is 0 Å². The maximum atomic E-state index is 10.0. The van der Waals surface area contributed by atoms with Crippen molar-refractivity contribution in [2.45, 2.75) is 13.8 Å². The van der Waals surface area contributed by atoms with E-state index >= 15 is 0 Å². The molecule has 3 nitrogen and oxygen atoms in total. The second kappa shape index (κ2) is 3.14. The third kappa shape index (κ3) is 1.77. The highest BCUT2D eigenvalue weighted by Crippen LogP contribution is 2.09. The molecule has 0 spiro atoms. The normalized spacial score (nSPS) is 9.27. The lowest BCUT2D eigenvalue weighted by Crippen LogP contribution is -1.97. The number of amides is 1. The molecule has 0 aromatic carbocycles. The van der Waals surface area contributed by atoms with Gasteiger partial charge in [0.15, 0.2) is 0 Å². The summed E-state index contributed by atoms with van der Waals surface area (Å²) in [6.45, 7) is 3.96. The number of aromatic nitrogens is 1. The molecule has 0 aliphatic rings. The smallest absolute Gasteiger partial charge is 0.212 e. The molecule has 58 valence electrons. The molecule has 0 fully saturated rings. The van der Waals surface area contributed by atoms with E-state index in [-0.39, 0.29) is 0 Å². The van der Waals surface area contributed by atoms with E-state index in [9.17, 15) is 4.79 Å². The summed E-state index contributed by atoms with van der Waals surface area (Å²) in [6.07, 6.45) is 2.36. The quantitative estimate of drug-likeness (QED) is 0.645. The Bertz CT molecular complexity index is 271. The van der Waals surface area contributed by atoms with Gasteiger partial charge in [-0.25, -0.2) is 4.98 Å². The van der Waals surface area contributed by atoms with Crippen LogP contribution in [-0.2, 0) is 4.79 Å². The number of nitrogens with one attached hydrogen (secondary N) is 1. The molecule has 3 heteroatoms. The lowest BCUT2D eigenvalue weighted by Gasteiger charge is -2.01. The zero-order valence-corrected chi connectivity index (χ0v) is 6.59. The van der Waals surface area contributed by atoms with Gasteiger partial charge in [-0.15, -0.1) is 0 Å². The van der Waals surface area contributed by atoms with Crippen molar-refractivity contribution in [2.75, 3.05) is 5.32 Å². The number of hydrogen-bond donors (Lipinski definition) is 1. The summed E-state index contributed by atoms with van der Waals surface area (Å²) < 4.78 is 0. The van der Waals surface area contributed by atoms with E-state index in [2.05, 4.69) is 10.3 Å². The highest BCUT2D eigenvalue weighted by atomic mass is 16.1. The molecule has 0 radical (unpaired) electrons. The Balaban J connectivity index is 2.95. The summed E-state index contributed by atoms with van der Waals surface area (Å²) in [5.41, 5.74) is 2.26. The number of nitrogens with zero attached hydrogens (tertiary/aromatic N) is 1. The fourth-order valence-electron chi connectivity index (χ4n) is 0.764. The van der Waals surface area contributed by atoms with Gasteiger partial charge in [-0.2, -0.15) is 0 Å². The van der Waals surface area contributed by atoms with Gasteiger partial charge in [-0.1, -0.05) is 0 Å². The Morgan fingerprint density at radius 2 is 2.18 bits per heavy atom. The van der Waals surface area contributed by atoms with Crippen LogP contribution in [-0.4, -0.2) is 11.4 Å². The third-order valence-electron chi connectivity index (χ3n) is 1.58. The Kier molecular flexibility index (Phi) is 2.21. The number of anilines is 1. The molecular formula is C8H10N2O. The first-order valence-corrected chi connectivity index (χ1v) is 3.37. The summed E-state index contributed by atoms with van der Waals surface area (Å²) in [5.74, 6) is 0.600. The van der Waals surface area contributed by atoms with Crippen LogP contribution in [0, 0.1) is 13.8 Å². The molecule has 1 aromatic heterocycles. The van der Waals surface area contributed by atoms with Crippen molar-refractivity contribution in [3.05, 3.63) is 23.4 Å². The van der Waals surface area contributed by atoms with Gasteiger partial charge in [0.25, 0.3) is 0 Å². The average Bonchev–Trinajstić information content (AvgIpc) is 1.98. The summed E-state index contributed by atoms with van der Waals surface area (Å²) in [7, 11) is 0. The summed E-state index contributed by atoms with van der Waals surface area (Å²) in [4.78, 5) is 14.0.